The highest BCUT2D eigenvalue weighted by Gasteiger charge is 2.33. The van der Waals surface area contributed by atoms with Crippen LogP contribution < -0.4 is 10.5 Å². The van der Waals surface area contributed by atoms with Gasteiger partial charge in [-0.1, -0.05) is 19.8 Å². The maximum atomic E-state index is 12.1. The summed E-state index contributed by atoms with van der Waals surface area (Å²) in [5, 5.41) is 10.4. The van der Waals surface area contributed by atoms with Gasteiger partial charge in [0.2, 0.25) is 10.0 Å². The number of sulfonamides is 1. The highest BCUT2D eigenvalue weighted by Crippen LogP contribution is 2.31. The first-order valence-corrected chi connectivity index (χ1v) is 8.23. The average Bonchev–Trinajstić information content (AvgIpc) is 2.37. The van der Waals surface area contributed by atoms with Gasteiger partial charge < -0.3 is 10.8 Å². The van der Waals surface area contributed by atoms with E-state index < -0.39 is 15.6 Å². The lowest BCUT2D eigenvalue weighted by Crippen LogP contribution is -2.45. The van der Waals surface area contributed by atoms with E-state index in [-0.39, 0.29) is 17.3 Å². The van der Waals surface area contributed by atoms with E-state index >= 15 is 0 Å². The molecule has 2 atom stereocenters. The summed E-state index contributed by atoms with van der Waals surface area (Å²) in [6, 6.07) is 2.84. The molecule has 0 aliphatic heterocycles. The zero-order valence-corrected chi connectivity index (χ0v) is 12.4. The minimum absolute atomic E-state index is 0.0318. The van der Waals surface area contributed by atoms with Crippen molar-refractivity contribution in [2.75, 3.05) is 12.3 Å². The van der Waals surface area contributed by atoms with Gasteiger partial charge in [-0.25, -0.2) is 18.1 Å². The van der Waals surface area contributed by atoms with Crippen LogP contribution >= 0.6 is 0 Å². The molecule has 0 spiro atoms. The SMILES string of the molecule is CC1CCCC(O)(CNS(=O)(=O)c2ccc(N)nc2)C1. The third-order valence-corrected chi connectivity index (χ3v) is 5.11. The van der Waals surface area contributed by atoms with Crippen molar-refractivity contribution in [2.45, 2.75) is 43.1 Å². The van der Waals surface area contributed by atoms with Gasteiger partial charge in [-0.2, -0.15) is 0 Å². The van der Waals surface area contributed by atoms with Crippen LogP contribution in [0.3, 0.4) is 0 Å². The number of hydrogen-bond donors (Lipinski definition) is 3. The summed E-state index contributed by atoms with van der Waals surface area (Å²) in [7, 11) is -3.66. The molecule has 1 fully saturated rings. The fourth-order valence-corrected chi connectivity index (χ4v) is 3.72. The third kappa shape index (κ3) is 3.68. The number of aromatic nitrogens is 1. The largest absolute Gasteiger partial charge is 0.389 e. The Morgan fingerprint density at radius 1 is 1.55 bits per heavy atom. The van der Waals surface area contributed by atoms with Crippen LogP contribution in [0.1, 0.15) is 32.6 Å². The van der Waals surface area contributed by atoms with Crippen molar-refractivity contribution in [2.24, 2.45) is 5.92 Å². The van der Waals surface area contributed by atoms with Crippen LogP contribution in [0.2, 0.25) is 0 Å². The number of aliphatic hydroxyl groups is 1. The highest BCUT2D eigenvalue weighted by molar-refractivity contribution is 7.89. The lowest BCUT2D eigenvalue weighted by Gasteiger charge is -2.35. The highest BCUT2D eigenvalue weighted by atomic mass is 32.2. The zero-order chi connectivity index (χ0) is 14.8. The molecule has 7 heteroatoms. The molecule has 1 heterocycles. The summed E-state index contributed by atoms with van der Waals surface area (Å²) in [6.45, 7) is 2.10. The van der Waals surface area contributed by atoms with Gasteiger partial charge in [-0.15, -0.1) is 0 Å². The van der Waals surface area contributed by atoms with Gasteiger partial charge in [0.25, 0.3) is 0 Å². The van der Waals surface area contributed by atoms with Crippen molar-refractivity contribution in [1.82, 2.24) is 9.71 Å². The van der Waals surface area contributed by atoms with Crippen LogP contribution in [0.25, 0.3) is 0 Å². The molecule has 20 heavy (non-hydrogen) atoms. The number of pyridine rings is 1. The van der Waals surface area contributed by atoms with E-state index in [0.29, 0.717) is 18.8 Å². The summed E-state index contributed by atoms with van der Waals surface area (Å²) in [5.74, 6) is 0.681. The molecule has 1 aliphatic carbocycles. The van der Waals surface area contributed by atoms with E-state index in [2.05, 4.69) is 16.6 Å². The Morgan fingerprint density at radius 2 is 2.30 bits per heavy atom. The van der Waals surface area contributed by atoms with Gasteiger partial charge in [0.1, 0.15) is 10.7 Å². The molecule has 2 unspecified atom stereocenters. The Hall–Kier alpha value is -1.18. The van der Waals surface area contributed by atoms with Crippen LogP contribution in [0.5, 0.6) is 0 Å². The maximum Gasteiger partial charge on any atom is 0.242 e. The molecule has 0 radical (unpaired) electrons. The van der Waals surface area contributed by atoms with Gasteiger partial charge >= 0.3 is 0 Å². The molecule has 2 rings (SSSR count). The van der Waals surface area contributed by atoms with Crippen molar-refractivity contribution in [3.05, 3.63) is 18.3 Å². The lowest BCUT2D eigenvalue weighted by molar-refractivity contribution is -0.00751. The Kier molecular flexibility index (Phi) is 4.31. The van der Waals surface area contributed by atoms with Crippen molar-refractivity contribution < 1.29 is 13.5 Å². The van der Waals surface area contributed by atoms with Gasteiger partial charge in [0.05, 0.1) is 5.60 Å². The number of nitrogen functional groups attached to an aromatic ring is 1. The zero-order valence-electron chi connectivity index (χ0n) is 11.5. The first kappa shape index (κ1) is 15.2. The molecule has 1 aromatic rings. The fraction of sp³-hybridized carbons (Fsp3) is 0.615. The Balaban J connectivity index is 2.04. The van der Waals surface area contributed by atoms with E-state index in [0.717, 1.165) is 12.8 Å². The molecular formula is C13H21N3O3S. The summed E-state index contributed by atoms with van der Waals surface area (Å²) < 4.78 is 26.7. The summed E-state index contributed by atoms with van der Waals surface area (Å²) >= 11 is 0. The van der Waals surface area contributed by atoms with E-state index in [9.17, 15) is 13.5 Å². The second-order valence-corrected chi connectivity index (χ2v) is 7.44. The van der Waals surface area contributed by atoms with E-state index in [4.69, 9.17) is 5.73 Å². The molecule has 112 valence electrons. The summed E-state index contributed by atoms with van der Waals surface area (Å²) in [6.07, 6.45) is 4.46. The van der Waals surface area contributed by atoms with Gasteiger partial charge in [-0.3, -0.25) is 0 Å². The third-order valence-electron chi connectivity index (χ3n) is 3.73. The predicted octanol–water partition coefficient (Wildman–Crippen LogP) is 0.883. The maximum absolute atomic E-state index is 12.1. The normalized spacial score (nSPS) is 27.4. The van der Waals surface area contributed by atoms with E-state index in [1.54, 1.807) is 0 Å². The van der Waals surface area contributed by atoms with Crippen LogP contribution in [-0.2, 0) is 10.0 Å². The number of hydrogen-bond acceptors (Lipinski definition) is 5. The minimum atomic E-state index is -3.66. The molecule has 0 bridgehead atoms. The van der Waals surface area contributed by atoms with Crippen LogP contribution in [0, 0.1) is 5.92 Å². The number of nitrogens with one attached hydrogen (secondary N) is 1. The first-order valence-electron chi connectivity index (χ1n) is 6.74. The molecule has 1 aromatic heterocycles. The van der Waals surface area contributed by atoms with Crippen molar-refractivity contribution in [1.29, 1.82) is 0 Å². The Bertz CT molecular complexity index is 559. The second kappa shape index (κ2) is 5.67. The number of anilines is 1. The smallest absolute Gasteiger partial charge is 0.242 e. The number of nitrogens with zero attached hydrogens (tertiary/aromatic N) is 1. The van der Waals surface area contributed by atoms with Gasteiger partial charge in [0.15, 0.2) is 0 Å². The van der Waals surface area contributed by atoms with Crippen LogP contribution in [-0.4, -0.2) is 30.7 Å². The van der Waals surface area contributed by atoms with Crippen molar-refractivity contribution in [3.8, 4) is 0 Å². The molecule has 0 amide bonds. The second-order valence-electron chi connectivity index (χ2n) is 5.67. The van der Waals surface area contributed by atoms with Crippen molar-refractivity contribution in [3.63, 3.8) is 0 Å². The quantitative estimate of drug-likeness (QED) is 0.765. The minimum Gasteiger partial charge on any atom is -0.389 e. The molecule has 1 aliphatic rings. The number of nitrogens with two attached hydrogens (primary N) is 1. The molecule has 1 saturated carbocycles. The summed E-state index contributed by atoms with van der Waals surface area (Å²) in [4.78, 5) is 3.82. The molecular weight excluding hydrogens is 278 g/mol. The van der Waals surface area contributed by atoms with Gasteiger partial charge in [-0.05, 0) is 30.9 Å². The fourth-order valence-electron chi connectivity index (χ4n) is 2.66. The molecule has 6 nitrogen and oxygen atoms in total. The predicted molar refractivity (Wildman–Crippen MR) is 76.4 cm³/mol. The Morgan fingerprint density at radius 3 is 2.90 bits per heavy atom. The van der Waals surface area contributed by atoms with E-state index in [1.807, 2.05) is 0 Å². The monoisotopic (exact) mass is 299 g/mol. The first-order chi connectivity index (χ1) is 9.31. The lowest BCUT2D eigenvalue weighted by atomic mass is 9.79. The van der Waals surface area contributed by atoms with Crippen LogP contribution in [0.15, 0.2) is 23.2 Å². The van der Waals surface area contributed by atoms with Crippen molar-refractivity contribution >= 4 is 15.8 Å². The van der Waals surface area contributed by atoms with Gasteiger partial charge in [0, 0.05) is 12.7 Å². The molecule has 0 aromatic carbocycles. The number of rotatable bonds is 4. The average molecular weight is 299 g/mol. The topological polar surface area (TPSA) is 105 Å². The molecule has 0 saturated heterocycles. The summed E-state index contributed by atoms with van der Waals surface area (Å²) in [5.41, 5.74) is 4.48. The molecule has 4 N–H and O–H groups in total. The Labute approximate surface area is 119 Å². The standard InChI is InChI=1S/C13H21N3O3S/c1-10-3-2-6-13(17,7-10)9-16-20(18,19)11-4-5-12(14)15-8-11/h4-5,8,10,16-17H,2-3,6-7,9H2,1H3,(H2,14,15). The van der Waals surface area contributed by atoms with E-state index in [1.165, 1.54) is 18.3 Å². The van der Waals surface area contributed by atoms with Crippen LogP contribution in [0.4, 0.5) is 5.82 Å².